The van der Waals surface area contributed by atoms with E-state index in [1.807, 2.05) is 0 Å². The van der Waals surface area contributed by atoms with Gasteiger partial charge in [0.25, 0.3) is 0 Å². The van der Waals surface area contributed by atoms with Crippen LogP contribution >= 0.6 is 0 Å². The van der Waals surface area contributed by atoms with Gasteiger partial charge in [-0.1, -0.05) is 12.1 Å². The number of phenolic OH excluding ortho intramolecular Hbond substituents is 1. The monoisotopic (exact) mass is 496 g/mol. The quantitative estimate of drug-likeness (QED) is 0.223. The first-order valence-corrected chi connectivity index (χ1v) is 11.0. The maximum Gasteiger partial charge on any atom is 1.00 e. The van der Waals surface area contributed by atoms with Crippen LogP contribution in [0, 0.1) is 6.92 Å². The summed E-state index contributed by atoms with van der Waals surface area (Å²) in [6.45, 7) is 1.38. The first kappa shape index (κ1) is 29.0. The van der Waals surface area contributed by atoms with Crippen LogP contribution in [-0.4, -0.2) is 38.2 Å². The Hall–Kier alpha value is -1.06. The molecular weight excluding hydrogens is 482 g/mol. The molecule has 158 valence electrons. The van der Waals surface area contributed by atoms with Gasteiger partial charge in [0.05, 0.1) is 16.9 Å². The minimum Gasteiger partial charge on any atom is -0.744 e. The number of nitrogens with zero attached hydrogens (tertiary/aromatic N) is 2. The van der Waals surface area contributed by atoms with Gasteiger partial charge in [-0.15, -0.1) is 10.2 Å². The number of phenols is 1. The number of hydrogen-bond acceptors (Lipinski definition) is 10. The van der Waals surface area contributed by atoms with E-state index in [1.165, 1.54) is 38.3 Å². The summed E-state index contributed by atoms with van der Waals surface area (Å²) in [5.74, 6) is -0.256. The van der Waals surface area contributed by atoms with Crippen molar-refractivity contribution >= 4 is 42.4 Å². The van der Waals surface area contributed by atoms with Crippen molar-refractivity contribution in [1.82, 2.24) is 0 Å². The van der Waals surface area contributed by atoms with Crippen LogP contribution in [0.1, 0.15) is 5.56 Å². The molecule has 10 nitrogen and oxygen atoms in total. The standard InChI is InChI=1S/C18H16N2O8S2.2Na/c1-10-16(30(25,26)27)8-6-14(18(10)28-2)19-20-17-13-5-4-12(29(22,23)24)9-11(13)3-7-15(17)21;;/h3-9,21H,1-2H3,(H,22,23,24)(H,25,26,27);;/q;2*+1/p-2. The van der Waals surface area contributed by atoms with E-state index in [1.54, 1.807) is 0 Å². The smallest absolute Gasteiger partial charge is 0.744 e. The molecule has 3 aromatic rings. The van der Waals surface area contributed by atoms with Crippen molar-refractivity contribution in [2.24, 2.45) is 10.2 Å². The average molecular weight is 496 g/mol. The van der Waals surface area contributed by atoms with Crippen LogP contribution in [0.25, 0.3) is 10.8 Å². The molecule has 0 aliphatic heterocycles. The second kappa shape index (κ2) is 10.9. The second-order valence-electron chi connectivity index (χ2n) is 6.17. The Balaban J connectivity index is 0.00000256. The first-order valence-electron chi connectivity index (χ1n) is 8.20. The maximum absolute atomic E-state index is 11.3. The fraction of sp³-hybridized carbons (Fsp3) is 0.111. The zero-order chi connectivity index (χ0) is 22.3. The molecule has 32 heavy (non-hydrogen) atoms. The molecule has 0 atom stereocenters. The summed E-state index contributed by atoms with van der Waals surface area (Å²) in [6.07, 6.45) is 0. The maximum atomic E-state index is 11.3. The van der Waals surface area contributed by atoms with Crippen LogP contribution in [0.3, 0.4) is 0 Å². The normalized spacial score (nSPS) is 11.8. The van der Waals surface area contributed by atoms with Crippen molar-refractivity contribution in [2.75, 3.05) is 7.11 Å². The Labute approximate surface area is 228 Å². The van der Waals surface area contributed by atoms with E-state index in [0.29, 0.717) is 10.8 Å². The topological polar surface area (TPSA) is 169 Å². The molecule has 3 aromatic carbocycles. The van der Waals surface area contributed by atoms with Crippen molar-refractivity contribution in [1.29, 1.82) is 0 Å². The average Bonchev–Trinajstić information content (AvgIpc) is 2.65. The van der Waals surface area contributed by atoms with E-state index < -0.39 is 30.0 Å². The molecule has 0 spiro atoms. The van der Waals surface area contributed by atoms with Crippen molar-refractivity contribution < 1.29 is 94.9 Å². The van der Waals surface area contributed by atoms with Crippen LogP contribution in [-0.2, 0) is 20.2 Å². The third-order valence-electron chi connectivity index (χ3n) is 4.30. The minimum absolute atomic E-state index is 0. The molecule has 0 amide bonds. The van der Waals surface area contributed by atoms with Gasteiger partial charge in [-0.05, 0) is 42.6 Å². The van der Waals surface area contributed by atoms with Crippen molar-refractivity contribution in [2.45, 2.75) is 16.7 Å². The van der Waals surface area contributed by atoms with Gasteiger partial charge in [-0.2, -0.15) is 0 Å². The number of hydrogen-bond donors (Lipinski definition) is 1. The summed E-state index contributed by atoms with van der Waals surface area (Å²) in [7, 11) is -8.11. The Bertz CT molecular complexity index is 1410. The molecule has 14 heteroatoms. The summed E-state index contributed by atoms with van der Waals surface area (Å²) in [5, 5.41) is 18.8. The molecule has 3 rings (SSSR count). The van der Waals surface area contributed by atoms with E-state index >= 15 is 0 Å². The van der Waals surface area contributed by atoms with Crippen LogP contribution in [0.5, 0.6) is 11.5 Å². The van der Waals surface area contributed by atoms with Gasteiger partial charge >= 0.3 is 59.1 Å². The van der Waals surface area contributed by atoms with Crippen LogP contribution in [0.2, 0.25) is 0 Å². The van der Waals surface area contributed by atoms with Gasteiger partial charge < -0.3 is 18.9 Å². The van der Waals surface area contributed by atoms with Crippen LogP contribution < -0.4 is 63.9 Å². The fourth-order valence-corrected chi connectivity index (χ4v) is 4.12. The van der Waals surface area contributed by atoms with E-state index in [2.05, 4.69) is 10.2 Å². The third kappa shape index (κ3) is 6.08. The number of ether oxygens (including phenoxy) is 1. The van der Waals surface area contributed by atoms with Gasteiger partial charge in [0.2, 0.25) is 0 Å². The van der Waals surface area contributed by atoms with Crippen LogP contribution in [0.15, 0.2) is 62.5 Å². The predicted octanol–water partition coefficient (Wildman–Crippen LogP) is -2.91. The Morgan fingerprint density at radius 3 is 2.12 bits per heavy atom. The zero-order valence-corrected chi connectivity index (χ0v) is 23.2. The van der Waals surface area contributed by atoms with Crippen molar-refractivity contribution in [3.8, 4) is 11.5 Å². The summed E-state index contributed by atoms with van der Waals surface area (Å²) >= 11 is 0. The molecule has 0 saturated heterocycles. The first-order chi connectivity index (χ1) is 13.9. The summed E-state index contributed by atoms with van der Waals surface area (Å²) in [6, 6.07) is 8.51. The Kier molecular flexibility index (Phi) is 9.88. The molecule has 0 radical (unpaired) electrons. The number of methoxy groups -OCH3 is 1. The zero-order valence-electron chi connectivity index (χ0n) is 17.6. The third-order valence-corrected chi connectivity index (χ3v) is 6.11. The predicted molar refractivity (Wildman–Crippen MR) is 103 cm³/mol. The Morgan fingerprint density at radius 1 is 0.906 bits per heavy atom. The van der Waals surface area contributed by atoms with Gasteiger partial charge in [0, 0.05) is 10.9 Å². The van der Waals surface area contributed by atoms with Crippen molar-refractivity contribution in [3.63, 3.8) is 0 Å². The molecule has 0 aliphatic carbocycles. The largest absolute Gasteiger partial charge is 1.00 e. The van der Waals surface area contributed by atoms with Gasteiger partial charge in [-0.3, -0.25) is 0 Å². The number of rotatable bonds is 5. The Morgan fingerprint density at radius 2 is 1.56 bits per heavy atom. The molecule has 0 heterocycles. The minimum atomic E-state index is -4.72. The molecule has 0 bridgehead atoms. The fourth-order valence-electron chi connectivity index (χ4n) is 2.91. The van der Waals surface area contributed by atoms with Gasteiger partial charge in [0.15, 0.2) is 5.75 Å². The van der Waals surface area contributed by atoms with E-state index in [9.17, 15) is 31.0 Å². The number of aromatic hydroxyl groups is 1. The molecule has 1 N–H and O–H groups in total. The summed E-state index contributed by atoms with van der Waals surface area (Å²) < 4.78 is 72.8. The molecular formula is C18H14N2Na2O8S2. The molecule has 0 unspecified atom stereocenters. The SMILES string of the molecule is COc1c(N=Nc2c(O)ccc3cc(S(=O)(=O)[O-])ccc23)ccc(S(=O)(=O)[O-])c1C.[Na+].[Na+]. The number of benzene rings is 3. The summed E-state index contributed by atoms with van der Waals surface area (Å²) in [4.78, 5) is -0.895. The number of fused-ring (bicyclic) bond motifs is 1. The van der Waals surface area contributed by atoms with Gasteiger partial charge in [0.1, 0.15) is 37.4 Å². The number of azo groups is 1. The van der Waals surface area contributed by atoms with E-state index in [-0.39, 0.29) is 87.6 Å². The molecule has 0 aliphatic rings. The van der Waals surface area contributed by atoms with E-state index in [4.69, 9.17) is 4.74 Å². The molecule has 0 saturated carbocycles. The second-order valence-corrected chi connectivity index (χ2v) is 8.89. The van der Waals surface area contributed by atoms with Crippen LogP contribution in [0.4, 0.5) is 11.4 Å². The molecule has 0 aromatic heterocycles. The summed E-state index contributed by atoms with van der Waals surface area (Å²) in [5.41, 5.74) is 0.136. The van der Waals surface area contributed by atoms with Gasteiger partial charge in [-0.25, -0.2) is 16.8 Å². The van der Waals surface area contributed by atoms with Crippen molar-refractivity contribution in [3.05, 3.63) is 48.0 Å². The molecule has 0 fully saturated rings. The van der Waals surface area contributed by atoms with E-state index in [0.717, 1.165) is 18.2 Å².